The second-order valence-corrected chi connectivity index (χ2v) is 5.36. The smallest absolute Gasteiger partial charge is 0.188 e. The third-order valence-electron chi connectivity index (χ3n) is 3.47. The average molecular weight is 331 g/mol. The van der Waals surface area contributed by atoms with E-state index in [2.05, 4.69) is 11.4 Å². The number of hydrogen-bond acceptors (Lipinski definition) is 5. The largest absolute Gasteiger partial charge is 0.468 e. The van der Waals surface area contributed by atoms with Gasteiger partial charge in [0.15, 0.2) is 6.79 Å². The van der Waals surface area contributed by atoms with Crippen LogP contribution in [-0.2, 0) is 20.8 Å². The van der Waals surface area contributed by atoms with Crippen molar-refractivity contribution in [1.82, 2.24) is 5.32 Å². The predicted molar refractivity (Wildman–Crippen MR) is 93.0 cm³/mol. The Morgan fingerprint density at radius 2 is 1.67 bits per heavy atom. The van der Waals surface area contributed by atoms with Gasteiger partial charge in [0.1, 0.15) is 18.6 Å². The van der Waals surface area contributed by atoms with Crippen LogP contribution in [0, 0.1) is 0 Å². The maximum absolute atomic E-state index is 5.93. The SMILES string of the molecule is CNCc1cc(OCOC)cc(C(OCOC)c2ccccc2)c1. The maximum Gasteiger partial charge on any atom is 0.188 e. The Bertz CT molecular complexity index is 604. The first-order valence-electron chi connectivity index (χ1n) is 7.84. The van der Waals surface area contributed by atoms with Crippen LogP contribution in [0.5, 0.6) is 5.75 Å². The molecular formula is C19H25NO4. The van der Waals surface area contributed by atoms with Crippen LogP contribution in [0.15, 0.2) is 48.5 Å². The molecule has 0 spiro atoms. The van der Waals surface area contributed by atoms with Crippen LogP contribution in [-0.4, -0.2) is 34.9 Å². The first-order valence-corrected chi connectivity index (χ1v) is 7.84. The number of benzene rings is 2. The van der Waals surface area contributed by atoms with E-state index in [4.69, 9.17) is 18.9 Å². The van der Waals surface area contributed by atoms with Crippen molar-refractivity contribution in [2.45, 2.75) is 12.6 Å². The van der Waals surface area contributed by atoms with E-state index in [-0.39, 0.29) is 19.7 Å². The molecule has 0 aliphatic rings. The molecule has 5 nitrogen and oxygen atoms in total. The van der Waals surface area contributed by atoms with Gasteiger partial charge in [-0.25, -0.2) is 0 Å². The first kappa shape index (κ1) is 18.4. The van der Waals surface area contributed by atoms with Gasteiger partial charge in [0.2, 0.25) is 0 Å². The number of hydrogen-bond donors (Lipinski definition) is 1. The summed E-state index contributed by atoms with van der Waals surface area (Å²) < 4.78 is 21.7. The van der Waals surface area contributed by atoms with E-state index >= 15 is 0 Å². The fourth-order valence-corrected chi connectivity index (χ4v) is 2.50. The highest BCUT2D eigenvalue weighted by Gasteiger charge is 2.17. The highest BCUT2D eigenvalue weighted by atomic mass is 16.7. The van der Waals surface area contributed by atoms with Gasteiger partial charge in [0.05, 0.1) is 0 Å². The van der Waals surface area contributed by atoms with Crippen LogP contribution in [0.25, 0.3) is 0 Å². The van der Waals surface area contributed by atoms with Gasteiger partial charge in [-0.2, -0.15) is 0 Å². The van der Waals surface area contributed by atoms with Gasteiger partial charge in [0, 0.05) is 20.8 Å². The van der Waals surface area contributed by atoms with Crippen LogP contribution < -0.4 is 10.1 Å². The van der Waals surface area contributed by atoms with Crippen molar-refractivity contribution in [2.24, 2.45) is 0 Å². The lowest BCUT2D eigenvalue weighted by Crippen LogP contribution is -2.11. The van der Waals surface area contributed by atoms with E-state index in [9.17, 15) is 0 Å². The van der Waals surface area contributed by atoms with Crippen LogP contribution in [0.1, 0.15) is 22.8 Å². The molecule has 0 radical (unpaired) electrons. The zero-order chi connectivity index (χ0) is 17.2. The molecule has 0 aliphatic carbocycles. The summed E-state index contributed by atoms with van der Waals surface area (Å²) >= 11 is 0. The molecule has 5 heteroatoms. The van der Waals surface area contributed by atoms with E-state index in [1.54, 1.807) is 14.2 Å². The number of ether oxygens (including phenoxy) is 4. The maximum atomic E-state index is 5.93. The topological polar surface area (TPSA) is 49.0 Å². The molecule has 0 bridgehead atoms. The van der Waals surface area contributed by atoms with Gasteiger partial charge in [-0.3, -0.25) is 0 Å². The Hall–Kier alpha value is -1.92. The summed E-state index contributed by atoms with van der Waals surface area (Å²) in [6, 6.07) is 16.2. The Morgan fingerprint density at radius 1 is 0.917 bits per heavy atom. The summed E-state index contributed by atoms with van der Waals surface area (Å²) in [7, 11) is 5.14. The van der Waals surface area contributed by atoms with Crippen LogP contribution in [0.3, 0.4) is 0 Å². The lowest BCUT2D eigenvalue weighted by atomic mass is 9.99. The van der Waals surface area contributed by atoms with Crippen LogP contribution in [0.4, 0.5) is 0 Å². The molecule has 2 rings (SSSR count). The second-order valence-electron chi connectivity index (χ2n) is 5.36. The molecule has 2 aromatic carbocycles. The van der Waals surface area contributed by atoms with Crippen molar-refractivity contribution in [2.75, 3.05) is 34.9 Å². The lowest BCUT2D eigenvalue weighted by molar-refractivity contribution is -0.0592. The van der Waals surface area contributed by atoms with Gasteiger partial charge in [-0.05, 0) is 35.9 Å². The van der Waals surface area contributed by atoms with Crippen molar-refractivity contribution in [3.8, 4) is 5.75 Å². The summed E-state index contributed by atoms with van der Waals surface area (Å²) in [6.07, 6.45) is -0.229. The van der Waals surface area contributed by atoms with Crippen molar-refractivity contribution < 1.29 is 18.9 Å². The monoisotopic (exact) mass is 331 g/mol. The fourth-order valence-electron chi connectivity index (χ4n) is 2.50. The molecule has 0 aromatic heterocycles. The summed E-state index contributed by atoms with van der Waals surface area (Å²) in [4.78, 5) is 0. The number of nitrogens with one attached hydrogen (secondary N) is 1. The van der Waals surface area contributed by atoms with E-state index in [1.165, 1.54) is 0 Å². The van der Waals surface area contributed by atoms with Gasteiger partial charge in [-0.15, -0.1) is 0 Å². The minimum absolute atomic E-state index is 0.206. The van der Waals surface area contributed by atoms with Crippen LogP contribution >= 0.6 is 0 Å². The van der Waals surface area contributed by atoms with Crippen molar-refractivity contribution in [3.05, 3.63) is 65.2 Å². The van der Waals surface area contributed by atoms with Gasteiger partial charge in [-0.1, -0.05) is 36.4 Å². The quantitative estimate of drug-likeness (QED) is 0.678. The Balaban J connectivity index is 2.37. The molecule has 0 aliphatic heterocycles. The molecule has 0 saturated heterocycles. The van der Waals surface area contributed by atoms with E-state index in [0.717, 1.165) is 29.0 Å². The zero-order valence-corrected chi connectivity index (χ0v) is 14.5. The summed E-state index contributed by atoms with van der Waals surface area (Å²) in [6.45, 7) is 1.16. The summed E-state index contributed by atoms with van der Waals surface area (Å²) in [5.41, 5.74) is 3.19. The summed E-state index contributed by atoms with van der Waals surface area (Å²) in [5.74, 6) is 0.751. The van der Waals surface area contributed by atoms with Gasteiger partial charge in [0.25, 0.3) is 0 Å². The molecule has 1 atom stereocenters. The Labute approximate surface area is 143 Å². The fraction of sp³-hybridized carbons (Fsp3) is 0.368. The van der Waals surface area contributed by atoms with Crippen LogP contribution in [0.2, 0.25) is 0 Å². The molecule has 24 heavy (non-hydrogen) atoms. The third-order valence-corrected chi connectivity index (χ3v) is 3.47. The molecule has 2 aromatic rings. The predicted octanol–water partition coefficient (Wildman–Crippen LogP) is 3.10. The highest BCUT2D eigenvalue weighted by Crippen LogP contribution is 2.30. The summed E-state index contributed by atoms with van der Waals surface area (Å²) in [5, 5.41) is 3.16. The molecule has 0 amide bonds. The zero-order valence-electron chi connectivity index (χ0n) is 14.5. The Kier molecular flexibility index (Phi) is 7.71. The normalized spacial score (nSPS) is 12.1. The lowest BCUT2D eigenvalue weighted by Gasteiger charge is -2.20. The molecule has 1 N–H and O–H groups in total. The molecule has 0 heterocycles. The van der Waals surface area contributed by atoms with Crippen molar-refractivity contribution in [1.29, 1.82) is 0 Å². The molecule has 1 unspecified atom stereocenters. The second kappa shape index (κ2) is 10.1. The molecule has 0 saturated carbocycles. The van der Waals surface area contributed by atoms with Gasteiger partial charge < -0.3 is 24.3 Å². The van der Waals surface area contributed by atoms with E-state index in [1.807, 2.05) is 49.5 Å². The number of methoxy groups -OCH3 is 2. The standard InChI is InChI=1S/C19H25NO4/c1-20-12-15-9-17(11-18(10-15)23-13-21-2)19(24-14-22-3)16-7-5-4-6-8-16/h4-11,19-20H,12-14H2,1-3H3. The van der Waals surface area contributed by atoms with E-state index in [0.29, 0.717) is 0 Å². The molecule has 0 fully saturated rings. The highest BCUT2D eigenvalue weighted by molar-refractivity contribution is 5.39. The first-order chi connectivity index (χ1) is 11.8. The molecule has 130 valence electrons. The van der Waals surface area contributed by atoms with Crippen molar-refractivity contribution in [3.63, 3.8) is 0 Å². The average Bonchev–Trinajstić information content (AvgIpc) is 2.61. The van der Waals surface area contributed by atoms with Crippen molar-refractivity contribution >= 4 is 0 Å². The van der Waals surface area contributed by atoms with Gasteiger partial charge >= 0.3 is 0 Å². The number of rotatable bonds is 10. The third kappa shape index (κ3) is 5.32. The minimum Gasteiger partial charge on any atom is -0.468 e. The minimum atomic E-state index is -0.229. The molecular weight excluding hydrogens is 306 g/mol. The Morgan fingerprint density at radius 3 is 2.33 bits per heavy atom. The van der Waals surface area contributed by atoms with E-state index < -0.39 is 0 Å².